The molecule has 0 atom stereocenters. The molecular formula is C8H10N2O2. The molecule has 64 valence electrons. The molecule has 0 aliphatic carbocycles. The van der Waals surface area contributed by atoms with Crippen LogP contribution in [0.3, 0.4) is 0 Å². The van der Waals surface area contributed by atoms with Crippen molar-refractivity contribution in [3.63, 3.8) is 0 Å². The van der Waals surface area contributed by atoms with E-state index in [9.17, 15) is 4.79 Å². The van der Waals surface area contributed by atoms with Crippen LogP contribution in [0.5, 0.6) is 0 Å². The molecule has 0 radical (unpaired) electrons. The Labute approximate surface area is 70.3 Å². The van der Waals surface area contributed by atoms with Crippen LogP contribution in [-0.4, -0.2) is 21.0 Å². The van der Waals surface area contributed by atoms with E-state index in [1.54, 1.807) is 0 Å². The van der Waals surface area contributed by atoms with Gasteiger partial charge in [-0.15, -0.1) is 0 Å². The van der Waals surface area contributed by atoms with E-state index in [2.05, 4.69) is 9.97 Å². The van der Waals surface area contributed by atoms with Crippen LogP contribution in [-0.2, 0) is 0 Å². The third-order valence-electron chi connectivity index (χ3n) is 1.48. The summed E-state index contributed by atoms with van der Waals surface area (Å²) in [5, 5.41) is 8.71. The number of aromatic carboxylic acids is 1. The fraction of sp³-hybridized carbons (Fsp3) is 0.375. The third-order valence-corrected chi connectivity index (χ3v) is 1.48. The third kappa shape index (κ3) is 1.58. The summed E-state index contributed by atoms with van der Waals surface area (Å²) in [7, 11) is 0. The molecule has 4 nitrogen and oxygen atoms in total. The lowest BCUT2D eigenvalue weighted by atomic mass is 10.1. The van der Waals surface area contributed by atoms with Gasteiger partial charge in [0.2, 0.25) is 0 Å². The fourth-order valence-corrected chi connectivity index (χ4v) is 0.936. The Bertz CT molecular complexity index is 297. The van der Waals surface area contributed by atoms with Crippen molar-refractivity contribution in [3.05, 3.63) is 23.8 Å². The van der Waals surface area contributed by atoms with E-state index >= 15 is 0 Å². The first-order valence-electron chi connectivity index (χ1n) is 3.67. The van der Waals surface area contributed by atoms with E-state index < -0.39 is 5.97 Å². The van der Waals surface area contributed by atoms with Crippen molar-refractivity contribution in [1.82, 2.24) is 9.97 Å². The van der Waals surface area contributed by atoms with Crippen molar-refractivity contribution in [3.8, 4) is 0 Å². The minimum absolute atomic E-state index is 0.0486. The molecule has 0 unspecified atom stereocenters. The Morgan fingerprint density at radius 2 is 2.00 bits per heavy atom. The highest BCUT2D eigenvalue weighted by atomic mass is 16.4. The first kappa shape index (κ1) is 8.64. The summed E-state index contributed by atoms with van der Waals surface area (Å²) in [5.41, 5.74) is 0.581. The van der Waals surface area contributed by atoms with Gasteiger partial charge in [-0.05, 0) is 5.92 Å². The molecule has 0 fully saturated rings. The van der Waals surface area contributed by atoms with Gasteiger partial charge in [-0.25, -0.2) is 9.78 Å². The van der Waals surface area contributed by atoms with Crippen LogP contribution in [0.4, 0.5) is 0 Å². The predicted molar refractivity (Wildman–Crippen MR) is 43.1 cm³/mol. The molecule has 1 N–H and O–H groups in total. The maximum Gasteiger partial charge on any atom is 0.356 e. The molecule has 1 rings (SSSR count). The van der Waals surface area contributed by atoms with Crippen molar-refractivity contribution in [2.45, 2.75) is 19.8 Å². The second-order valence-corrected chi connectivity index (χ2v) is 2.75. The highest BCUT2D eigenvalue weighted by molar-refractivity contribution is 5.86. The summed E-state index contributed by atoms with van der Waals surface area (Å²) in [4.78, 5) is 18.3. The summed E-state index contributed by atoms with van der Waals surface area (Å²) in [6.07, 6.45) is 2.89. The van der Waals surface area contributed by atoms with E-state index in [-0.39, 0.29) is 11.6 Å². The van der Waals surface area contributed by atoms with Crippen LogP contribution >= 0.6 is 0 Å². The molecule has 12 heavy (non-hydrogen) atoms. The maximum absolute atomic E-state index is 10.6. The number of aromatic nitrogens is 2. The number of carbonyl (C=O) groups is 1. The monoisotopic (exact) mass is 166 g/mol. The normalized spacial score (nSPS) is 10.2. The number of carboxylic acid groups (broad SMARTS) is 1. The highest BCUT2D eigenvalue weighted by Gasteiger charge is 2.14. The van der Waals surface area contributed by atoms with E-state index in [4.69, 9.17) is 5.11 Å². The van der Waals surface area contributed by atoms with Gasteiger partial charge in [0.05, 0.1) is 5.69 Å². The molecule has 0 amide bonds. The van der Waals surface area contributed by atoms with Gasteiger partial charge < -0.3 is 5.11 Å². The number of rotatable bonds is 2. The molecule has 0 aliphatic heterocycles. The first-order valence-corrected chi connectivity index (χ1v) is 3.67. The fourth-order valence-electron chi connectivity index (χ4n) is 0.936. The lowest BCUT2D eigenvalue weighted by molar-refractivity contribution is 0.0688. The minimum atomic E-state index is -1.02. The summed E-state index contributed by atoms with van der Waals surface area (Å²) in [6, 6.07) is 0. The van der Waals surface area contributed by atoms with Crippen molar-refractivity contribution < 1.29 is 9.90 Å². The van der Waals surface area contributed by atoms with Gasteiger partial charge in [0.1, 0.15) is 0 Å². The lowest BCUT2D eigenvalue weighted by Gasteiger charge is -2.05. The Hall–Kier alpha value is -1.45. The molecule has 0 aliphatic rings. The van der Waals surface area contributed by atoms with E-state index in [0.29, 0.717) is 5.69 Å². The van der Waals surface area contributed by atoms with Crippen LogP contribution in [0.2, 0.25) is 0 Å². The first-order chi connectivity index (χ1) is 5.63. The molecule has 0 bridgehead atoms. The molecule has 1 aromatic heterocycles. The molecular weight excluding hydrogens is 156 g/mol. The zero-order valence-corrected chi connectivity index (χ0v) is 6.98. The van der Waals surface area contributed by atoms with Crippen LogP contribution < -0.4 is 0 Å². The Balaban J connectivity index is 3.17. The minimum Gasteiger partial charge on any atom is -0.476 e. The van der Waals surface area contributed by atoms with Gasteiger partial charge in [0.25, 0.3) is 0 Å². The number of hydrogen-bond donors (Lipinski definition) is 1. The number of nitrogens with zero attached hydrogens (tertiary/aromatic N) is 2. The van der Waals surface area contributed by atoms with Crippen molar-refractivity contribution in [2.75, 3.05) is 0 Å². The van der Waals surface area contributed by atoms with Gasteiger partial charge in [-0.2, -0.15) is 0 Å². The summed E-state index contributed by atoms with van der Waals surface area (Å²) in [5.74, 6) is -0.934. The largest absolute Gasteiger partial charge is 0.476 e. The zero-order valence-electron chi connectivity index (χ0n) is 6.98. The summed E-state index contributed by atoms with van der Waals surface area (Å²) in [6.45, 7) is 3.77. The van der Waals surface area contributed by atoms with E-state index in [0.717, 1.165) is 0 Å². The zero-order chi connectivity index (χ0) is 9.14. The number of carboxylic acids is 1. The summed E-state index contributed by atoms with van der Waals surface area (Å²) >= 11 is 0. The molecule has 1 aromatic rings. The molecule has 0 aromatic carbocycles. The molecule has 0 saturated carbocycles. The average molecular weight is 166 g/mol. The van der Waals surface area contributed by atoms with Crippen LogP contribution in [0.25, 0.3) is 0 Å². The van der Waals surface area contributed by atoms with Crippen LogP contribution in [0.1, 0.15) is 35.9 Å². The molecule has 0 saturated heterocycles. The van der Waals surface area contributed by atoms with Gasteiger partial charge in [0, 0.05) is 12.4 Å². The van der Waals surface area contributed by atoms with E-state index in [1.165, 1.54) is 12.4 Å². The summed E-state index contributed by atoms with van der Waals surface area (Å²) < 4.78 is 0. The number of hydrogen-bond acceptors (Lipinski definition) is 3. The predicted octanol–water partition coefficient (Wildman–Crippen LogP) is 1.30. The second kappa shape index (κ2) is 3.30. The second-order valence-electron chi connectivity index (χ2n) is 2.75. The van der Waals surface area contributed by atoms with Gasteiger partial charge in [-0.1, -0.05) is 13.8 Å². The molecule has 0 spiro atoms. The van der Waals surface area contributed by atoms with Crippen LogP contribution in [0.15, 0.2) is 12.4 Å². The van der Waals surface area contributed by atoms with Gasteiger partial charge in [-0.3, -0.25) is 4.98 Å². The topological polar surface area (TPSA) is 63.1 Å². The van der Waals surface area contributed by atoms with Crippen molar-refractivity contribution in [1.29, 1.82) is 0 Å². The Kier molecular flexibility index (Phi) is 2.38. The quantitative estimate of drug-likeness (QED) is 0.719. The van der Waals surface area contributed by atoms with Crippen molar-refractivity contribution in [2.24, 2.45) is 0 Å². The van der Waals surface area contributed by atoms with Crippen molar-refractivity contribution >= 4 is 5.97 Å². The van der Waals surface area contributed by atoms with E-state index in [1.807, 2.05) is 13.8 Å². The lowest BCUT2D eigenvalue weighted by Crippen LogP contribution is -2.08. The Morgan fingerprint density at radius 1 is 1.42 bits per heavy atom. The smallest absolute Gasteiger partial charge is 0.356 e. The average Bonchev–Trinajstić information content (AvgIpc) is 2.04. The SMILES string of the molecule is CC(C)c1nccnc1C(=O)O. The maximum atomic E-state index is 10.6. The Morgan fingerprint density at radius 3 is 2.42 bits per heavy atom. The molecule has 4 heteroatoms. The highest BCUT2D eigenvalue weighted by Crippen LogP contribution is 2.13. The van der Waals surface area contributed by atoms with Gasteiger partial charge in [0.15, 0.2) is 5.69 Å². The standard InChI is InChI=1S/C8H10N2O2/c1-5(2)6-7(8(11)12)10-4-3-9-6/h3-5H,1-2H3,(H,11,12). The van der Waals surface area contributed by atoms with Gasteiger partial charge >= 0.3 is 5.97 Å². The molecule has 1 heterocycles. The van der Waals surface area contributed by atoms with Crippen LogP contribution in [0, 0.1) is 0 Å².